The van der Waals surface area contributed by atoms with E-state index in [0.29, 0.717) is 35.4 Å². The van der Waals surface area contributed by atoms with Crippen LogP contribution in [0, 0.1) is 52.9 Å². The van der Waals surface area contributed by atoms with Gasteiger partial charge in [-0.05, 0) is 83.8 Å². The van der Waals surface area contributed by atoms with Gasteiger partial charge in [-0.15, -0.1) is 0 Å². The minimum Gasteiger partial charge on any atom is -0.256 e. The Labute approximate surface area is 260 Å². The Morgan fingerprint density at radius 1 is 0.696 bits per heavy atom. The number of halogens is 7. The monoisotopic (exact) mass is 632 g/mol. The van der Waals surface area contributed by atoms with E-state index in [1.165, 1.54) is 30.3 Å². The van der Waals surface area contributed by atoms with Crippen LogP contribution in [-0.4, -0.2) is 9.97 Å². The lowest BCUT2D eigenvalue weighted by molar-refractivity contribution is -0.137. The number of benzene rings is 3. The molecule has 0 aliphatic carbocycles. The number of aryl methyl sites for hydroxylation is 1. The van der Waals surface area contributed by atoms with Crippen LogP contribution in [0.2, 0.25) is 0 Å². The number of rotatable bonds is 6. The van der Waals surface area contributed by atoms with Crippen LogP contribution in [0.1, 0.15) is 45.1 Å². The summed E-state index contributed by atoms with van der Waals surface area (Å²) in [5.74, 6) is -3.87. The molecule has 5 aromatic rings. The third-order valence-corrected chi connectivity index (χ3v) is 6.96. The SMILES string of the molecule is Cc1cc(F)cc(C(C#N)(Cc2ccccc2)c2ccc(F)cn2)c1.N#CC(c1cc(F)cc(C(F)(F)F)c1)c1ccc(F)cn1. The minimum absolute atomic E-state index is 0.0395. The van der Waals surface area contributed by atoms with Crippen LogP contribution in [0.15, 0.2) is 103 Å². The van der Waals surface area contributed by atoms with Crippen molar-refractivity contribution >= 4 is 0 Å². The van der Waals surface area contributed by atoms with Crippen molar-refractivity contribution in [2.75, 3.05) is 0 Å². The molecule has 0 fully saturated rings. The summed E-state index contributed by atoms with van der Waals surface area (Å²) >= 11 is 0. The summed E-state index contributed by atoms with van der Waals surface area (Å²) in [6, 6.07) is 24.9. The third kappa shape index (κ3) is 7.93. The Hall–Kier alpha value is -5.55. The van der Waals surface area contributed by atoms with E-state index in [4.69, 9.17) is 5.26 Å². The molecule has 2 atom stereocenters. The fourth-order valence-corrected chi connectivity index (χ4v) is 4.83. The first kappa shape index (κ1) is 33.3. The van der Waals surface area contributed by atoms with Gasteiger partial charge in [0.05, 0.1) is 41.5 Å². The molecule has 5 rings (SSSR count). The average Bonchev–Trinajstić information content (AvgIpc) is 3.01. The number of hydrogen-bond donors (Lipinski definition) is 0. The summed E-state index contributed by atoms with van der Waals surface area (Å²) in [7, 11) is 0. The molecule has 0 saturated carbocycles. The van der Waals surface area contributed by atoms with Crippen molar-refractivity contribution in [1.29, 1.82) is 10.5 Å². The Balaban J connectivity index is 0.000000212. The van der Waals surface area contributed by atoms with Crippen LogP contribution < -0.4 is 0 Å². The zero-order valence-corrected chi connectivity index (χ0v) is 24.0. The van der Waals surface area contributed by atoms with Crippen LogP contribution in [0.3, 0.4) is 0 Å². The van der Waals surface area contributed by atoms with Gasteiger partial charge in [0.25, 0.3) is 0 Å². The van der Waals surface area contributed by atoms with Gasteiger partial charge >= 0.3 is 6.18 Å². The fourth-order valence-electron chi connectivity index (χ4n) is 4.83. The second kappa shape index (κ2) is 14.0. The van der Waals surface area contributed by atoms with Crippen molar-refractivity contribution in [1.82, 2.24) is 9.97 Å². The van der Waals surface area contributed by atoms with Crippen LogP contribution in [0.5, 0.6) is 0 Å². The van der Waals surface area contributed by atoms with Gasteiger partial charge in [-0.2, -0.15) is 23.7 Å². The molecule has 0 bridgehead atoms. The predicted molar refractivity (Wildman–Crippen MR) is 155 cm³/mol. The van der Waals surface area contributed by atoms with E-state index < -0.39 is 46.3 Å². The summed E-state index contributed by atoms with van der Waals surface area (Å²) in [6.45, 7) is 1.77. The maximum Gasteiger partial charge on any atom is 0.416 e. The summed E-state index contributed by atoms with van der Waals surface area (Å²) < 4.78 is 91.5. The first-order valence-corrected chi connectivity index (χ1v) is 13.6. The van der Waals surface area contributed by atoms with Crippen molar-refractivity contribution in [2.45, 2.75) is 30.9 Å². The van der Waals surface area contributed by atoms with Crippen molar-refractivity contribution in [3.05, 3.63) is 166 Å². The van der Waals surface area contributed by atoms with E-state index >= 15 is 0 Å². The maximum atomic E-state index is 14.0. The molecule has 2 aromatic heterocycles. The Morgan fingerprint density at radius 2 is 1.33 bits per heavy atom. The van der Waals surface area contributed by atoms with Crippen LogP contribution in [-0.2, 0) is 18.0 Å². The van der Waals surface area contributed by atoms with Gasteiger partial charge in [0.15, 0.2) is 0 Å². The number of hydrogen-bond acceptors (Lipinski definition) is 4. The summed E-state index contributed by atoms with van der Waals surface area (Å²) in [4.78, 5) is 7.78. The van der Waals surface area contributed by atoms with Crippen LogP contribution in [0.25, 0.3) is 0 Å². The standard InChI is InChI=1S/C21H16F2N2.C14H7F5N2/c1-15-9-17(11-19(23)10-15)21(14-24,12-16-5-3-2-4-6-16)20-8-7-18(22)13-25-20;15-10-1-2-13(21-7-10)12(6-20)8-3-9(14(17,18)19)5-11(16)4-8/h2-11,13H,12H2,1H3;1-5,7,12H. The Morgan fingerprint density at radius 3 is 1.87 bits per heavy atom. The van der Waals surface area contributed by atoms with Gasteiger partial charge in [-0.25, -0.2) is 17.6 Å². The van der Waals surface area contributed by atoms with E-state index in [1.54, 1.807) is 19.1 Å². The molecule has 3 aromatic carbocycles. The van der Waals surface area contributed by atoms with Crippen molar-refractivity contribution in [2.24, 2.45) is 0 Å². The molecule has 11 heteroatoms. The summed E-state index contributed by atoms with van der Waals surface area (Å²) in [5, 5.41) is 19.2. The molecule has 0 aliphatic heterocycles. The zero-order chi connectivity index (χ0) is 33.5. The molecule has 2 unspecified atom stereocenters. The Kier molecular flexibility index (Phi) is 10.2. The van der Waals surface area contributed by atoms with Crippen molar-refractivity contribution < 1.29 is 30.7 Å². The van der Waals surface area contributed by atoms with Crippen molar-refractivity contribution in [3.63, 3.8) is 0 Å². The van der Waals surface area contributed by atoms with Gasteiger partial charge in [-0.3, -0.25) is 9.97 Å². The van der Waals surface area contributed by atoms with Gasteiger partial charge in [0.1, 0.15) is 34.6 Å². The molecular formula is C35H23F7N4. The third-order valence-electron chi connectivity index (χ3n) is 6.96. The lowest BCUT2D eigenvalue weighted by Gasteiger charge is -2.27. The summed E-state index contributed by atoms with van der Waals surface area (Å²) in [5.41, 5.74) is -0.0222. The van der Waals surface area contributed by atoms with E-state index in [0.717, 1.165) is 30.1 Å². The topological polar surface area (TPSA) is 73.4 Å². The van der Waals surface area contributed by atoms with Gasteiger partial charge in [0, 0.05) is 6.42 Å². The quantitative estimate of drug-likeness (QED) is 0.176. The van der Waals surface area contributed by atoms with E-state index in [9.17, 15) is 36.0 Å². The van der Waals surface area contributed by atoms with Crippen LogP contribution >= 0.6 is 0 Å². The fraction of sp³-hybridized carbons (Fsp3) is 0.143. The molecule has 0 spiro atoms. The highest BCUT2D eigenvalue weighted by Crippen LogP contribution is 2.36. The van der Waals surface area contributed by atoms with Gasteiger partial charge in [-0.1, -0.05) is 36.4 Å². The van der Waals surface area contributed by atoms with E-state index in [-0.39, 0.29) is 11.3 Å². The van der Waals surface area contributed by atoms with Crippen molar-refractivity contribution in [3.8, 4) is 12.1 Å². The average molecular weight is 633 g/mol. The Bertz CT molecular complexity index is 1860. The van der Waals surface area contributed by atoms with Gasteiger partial charge in [0.2, 0.25) is 0 Å². The second-order valence-electron chi connectivity index (χ2n) is 10.3. The zero-order valence-electron chi connectivity index (χ0n) is 24.0. The lowest BCUT2D eigenvalue weighted by Crippen LogP contribution is -2.30. The van der Waals surface area contributed by atoms with E-state index in [2.05, 4.69) is 16.0 Å². The number of alkyl halides is 3. The summed E-state index contributed by atoms with van der Waals surface area (Å²) in [6.07, 6.45) is -2.50. The minimum atomic E-state index is -4.73. The molecule has 0 N–H and O–H groups in total. The molecule has 4 nitrogen and oxygen atoms in total. The number of nitrogens with zero attached hydrogens (tertiary/aromatic N) is 4. The molecule has 0 amide bonds. The largest absolute Gasteiger partial charge is 0.416 e. The van der Waals surface area contributed by atoms with E-state index in [1.807, 2.05) is 30.3 Å². The normalized spacial score (nSPS) is 12.9. The number of nitriles is 2. The number of pyridine rings is 2. The highest BCUT2D eigenvalue weighted by molar-refractivity contribution is 5.47. The highest BCUT2D eigenvalue weighted by Gasteiger charge is 2.37. The highest BCUT2D eigenvalue weighted by atomic mass is 19.4. The molecule has 0 aliphatic rings. The molecule has 2 heterocycles. The van der Waals surface area contributed by atoms with Gasteiger partial charge < -0.3 is 0 Å². The second-order valence-corrected chi connectivity index (χ2v) is 10.3. The molecule has 232 valence electrons. The molecule has 0 radical (unpaired) electrons. The number of aromatic nitrogens is 2. The molecular weight excluding hydrogens is 609 g/mol. The lowest BCUT2D eigenvalue weighted by atomic mass is 9.73. The first-order chi connectivity index (χ1) is 21.8. The molecule has 46 heavy (non-hydrogen) atoms. The predicted octanol–water partition coefficient (Wildman–Crippen LogP) is 8.75. The first-order valence-electron chi connectivity index (χ1n) is 13.6. The van der Waals surface area contributed by atoms with Crippen LogP contribution in [0.4, 0.5) is 30.7 Å². The smallest absolute Gasteiger partial charge is 0.256 e. The maximum absolute atomic E-state index is 14.0. The molecule has 0 saturated heterocycles.